The molecular formula is C15H26N2O. The van der Waals surface area contributed by atoms with Crippen molar-refractivity contribution in [1.82, 2.24) is 4.90 Å². The molecule has 0 amide bonds. The second-order valence-corrected chi connectivity index (χ2v) is 5.74. The van der Waals surface area contributed by atoms with E-state index in [4.69, 9.17) is 10.2 Å². The topological polar surface area (TPSA) is 42.4 Å². The minimum Gasteiger partial charge on any atom is -0.468 e. The molecule has 3 heteroatoms. The van der Waals surface area contributed by atoms with Crippen LogP contribution in [0.3, 0.4) is 0 Å². The lowest BCUT2D eigenvalue weighted by atomic mass is 9.89. The van der Waals surface area contributed by atoms with E-state index in [0.717, 1.165) is 30.7 Å². The molecule has 1 aromatic rings. The van der Waals surface area contributed by atoms with Crippen LogP contribution in [-0.4, -0.2) is 24.5 Å². The van der Waals surface area contributed by atoms with Gasteiger partial charge in [-0.1, -0.05) is 13.8 Å². The van der Waals surface area contributed by atoms with Crippen LogP contribution in [0.5, 0.6) is 0 Å². The number of hydrogen-bond donors (Lipinski definition) is 1. The fourth-order valence-electron chi connectivity index (χ4n) is 3.05. The average molecular weight is 250 g/mol. The molecule has 0 aromatic carbocycles. The van der Waals surface area contributed by atoms with E-state index in [2.05, 4.69) is 18.7 Å². The molecule has 2 unspecified atom stereocenters. The van der Waals surface area contributed by atoms with Crippen molar-refractivity contribution in [3.05, 3.63) is 24.2 Å². The molecule has 1 aromatic heterocycles. The Morgan fingerprint density at radius 3 is 2.83 bits per heavy atom. The lowest BCUT2D eigenvalue weighted by Crippen LogP contribution is -2.34. The van der Waals surface area contributed by atoms with Crippen LogP contribution in [0.4, 0.5) is 0 Å². The highest BCUT2D eigenvalue weighted by Crippen LogP contribution is 2.29. The first kappa shape index (κ1) is 13.6. The van der Waals surface area contributed by atoms with Gasteiger partial charge in [-0.15, -0.1) is 0 Å². The summed E-state index contributed by atoms with van der Waals surface area (Å²) < 4.78 is 5.53. The van der Waals surface area contributed by atoms with Crippen LogP contribution >= 0.6 is 0 Å². The van der Waals surface area contributed by atoms with Crippen molar-refractivity contribution in [2.75, 3.05) is 19.6 Å². The second kappa shape index (κ2) is 6.39. The van der Waals surface area contributed by atoms with Crippen molar-refractivity contribution in [3.8, 4) is 0 Å². The van der Waals surface area contributed by atoms with Crippen LogP contribution in [0.1, 0.15) is 44.9 Å². The monoisotopic (exact) mass is 250 g/mol. The molecule has 102 valence electrons. The van der Waals surface area contributed by atoms with Crippen LogP contribution < -0.4 is 5.73 Å². The molecule has 0 saturated carbocycles. The summed E-state index contributed by atoms with van der Waals surface area (Å²) in [4.78, 5) is 2.50. The number of rotatable bonds is 4. The summed E-state index contributed by atoms with van der Waals surface area (Å²) in [6, 6.07) is 4.25. The first-order chi connectivity index (χ1) is 8.72. The molecule has 1 saturated heterocycles. The third-order valence-electron chi connectivity index (χ3n) is 4.29. The van der Waals surface area contributed by atoms with Gasteiger partial charge in [0.15, 0.2) is 0 Å². The molecule has 18 heavy (non-hydrogen) atoms. The van der Waals surface area contributed by atoms with E-state index >= 15 is 0 Å². The highest BCUT2D eigenvalue weighted by Gasteiger charge is 2.25. The smallest absolute Gasteiger partial charge is 0.122 e. The Bertz CT molecular complexity index is 334. The zero-order valence-electron chi connectivity index (χ0n) is 11.6. The zero-order valence-corrected chi connectivity index (χ0v) is 11.6. The van der Waals surface area contributed by atoms with E-state index in [1.54, 1.807) is 6.26 Å². The fraction of sp³-hybridized carbons (Fsp3) is 0.733. The van der Waals surface area contributed by atoms with Crippen molar-refractivity contribution in [2.45, 2.75) is 39.2 Å². The molecule has 2 atom stereocenters. The Labute approximate surface area is 110 Å². The molecule has 2 rings (SSSR count). The minimum absolute atomic E-state index is 0.255. The number of likely N-dealkylation sites (tertiary alicyclic amines) is 1. The number of hydrogen-bond acceptors (Lipinski definition) is 3. The molecule has 2 heterocycles. The summed E-state index contributed by atoms with van der Waals surface area (Å²) in [7, 11) is 0. The lowest BCUT2D eigenvalue weighted by molar-refractivity contribution is 0.181. The Morgan fingerprint density at radius 2 is 2.22 bits per heavy atom. The number of furan rings is 1. The predicted molar refractivity (Wildman–Crippen MR) is 74.3 cm³/mol. The van der Waals surface area contributed by atoms with Gasteiger partial charge in [-0.2, -0.15) is 0 Å². The van der Waals surface area contributed by atoms with E-state index in [-0.39, 0.29) is 6.04 Å². The molecule has 0 spiro atoms. The Morgan fingerprint density at radius 1 is 1.39 bits per heavy atom. The lowest BCUT2D eigenvalue weighted by Gasteiger charge is -2.28. The summed E-state index contributed by atoms with van der Waals surface area (Å²) in [6.07, 6.45) is 5.66. The zero-order chi connectivity index (χ0) is 13.0. The number of nitrogens with zero attached hydrogens (tertiary/aromatic N) is 1. The fourth-order valence-corrected chi connectivity index (χ4v) is 3.05. The van der Waals surface area contributed by atoms with Crippen LogP contribution in [0.2, 0.25) is 0 Å². The van der Waals surface area contributed by atoms with Gasteiger partial charge >= 0.3 is 0 Å². The van der Waals surface area contributed by atoms with Crippen molar-refractivity contribution < 1.29 is 4.42 Å². The molecule has 1 fully saturated rings. The van der Waals surface area contributed by atoms with Gasteiger partial charge in [-0.3, -0.25) is 4.90 Å². The SMILES string of the molecule is CC(C)C1CCCN(C(CN)c2ccco2)CC1. The molecule has 0 bridgehead atoms. The normalized spacial score (nSPS) is 24.1. The summed E-state index contributed by atoms with van der Waals surface area (Å²) in [5.41, 5.74) is 5.94. The van der Waals surface area contributed by atoms with Crippen molar-refractivity contribution in [3.63, 3.8) is 0 Å². The molecule has 3 nitrogen and oxygen atoms in total. The van der Waals surface area contributed by atoms with E-state index < -0.39 is 0 Å². The predicted octanol–water partition coefficient (Wildman–Crippen LogP) is 3.04. The van der Waals surface area contributed by atoms with Crippen LogP contribution in [0.15, 0.2) is 22.8 Å². The summed E-state index contributed by atoms with van der Waals surface area (Å²) in [5, 5.41) is 0. The first-order valence-corrected chi connectivity index (χ1v) is 7.20. The standard InChI is InChI=1S/C15H26N2O/c1-12(2)13-5-3-8-17(9-7-13)14(11-16)15-6-4-10-18-15/h4,6,10,12-14H,3,5,7-9,11,16H2,1-2H3. The summed E-state index contributed by atoms with van der Waals surface area (Å²) in [5.74, 6) is 2.68. The van der Waals surface area contributed by atoms with Gasteiger partial charge in [0, 0.05) is 6.54 Å². The maximum atomic E-state index is 5.94. The summed E-state index contributed by atoms with van der Waals surface area (Å²) in [6.45, 7) is 7.61. The third-order valence-corrected chi connectivity index (χ3v) is 4.29. The number of nitrogens with two attached hydrogens (primary N) is 1. The van der Waals surface area contributed by atoms with Gasteiger partial charge < -0.3 is 10.2 Å². The Balaban J connectivity index is 2.00. The van der Waals surface area contributed by atoms with Gasteiger partial charge in [-0.25, -0.2) is 0 Å². The largest absolute Gasteiger partial charge is 0.468 e. The Kier molecular flexibility index (Phi) is 4.84. The summed E-state index contributed by atoms with van der Waals surface area (Å²) >= 11 is 0. The van der Waals surface area contributed by atoms with E-state index in [9.17, 15) is 0 Å². The van der Waals surface area contributed by atoms with Gasteiger partial charge in [0.2, 0.25) is 0 Å². The van der Waals surface area contributed by atoms with Gasteiger partial charge in [0.25, 0.3) is 0 Å². The van der Waals surface area contributed by atoms with Crippen molar-refractivity contribution >= 4 is 0 Å². The molecule has 0 aliphatic carbocycles. The third kappa shape index (κ3) is 3.15. The van der Waals surface area contributed by atoms with E-state index in [1.807, 2.05) is 12.1 Å². The van der Waals surface area contributed by atoms with Crippen molar-refractivity contribution in [2.24, 2.45) is 17.6 Å². The maximum Gasteiger partial charge on any atom is 0.122 e. The maximum absolute atomic E-state index is 5.94. The minimum atomic E-state index is 0.255. The van der Waals surface area contributed by atoms with Crippen LogP contribution in [0, 0.1) is 11.8 Å². The van der Waals surface area contributed by atoms with Crippen molar-refractivity contribution in [1.29, 1.82) is 0 Å². The van der Waals surface area contributed by atoms with Crippen LogP contribution in [0.25, 0.3) is 0 Å². The van der Waals surface area contributed by atoms with Gasteiger partial charge in [0.1, 0.15) is 5.76 Å². The van der Waals surface area contributed by atoms with Gasteiger partial charge in [-0.05, 0) is 56.3 Å². The van der Waals surface area contributed by atoms with Gasteiger partial charge in [0.05, 0.1) is 12.3 Å². The highest BCUT2D eigenvalue weighted by atomic mass is 16.3. The first-order valence-electron chi connectivity index (χ1n) is 7.20. The molecule has 1 aliphatic heterocycles. The molecule has 1 aliphatic rings. The Hall–Kier alpha value is -0.800. The molecule has 2 N–H and O–H groups in total. The second-order valence-electron chi connectivity index (χ2n) is 5.74. The van der Waals surface area contributed by atoms with Crippen LogP contribution in [-0.2, 0) is 0 Å². The highest BCUT2D eigenvalue weighted by molar-refractivity contribution is 5.05. The molecular weight excluding hydrogens is 224 g/mol. The van der Waals surface area contributed by atoms with E-state index in [1.165, 1.54) is 19.3 Å². The average Bonchev–Trinajstić information content (AvgIpc) is 2.75. The quantitative estimate of drug-likeness (QED) is 0.893. The molecule has 0 radical (unpaired) electrons. The van der Waals surface area contributed by atoms with E-state index in [0.29, 0.717) is 6.54 Å².